The van der Waals surface area contributed by atoms with Crippen LogP contribution in [-0.4, -0.2) is 24.3 Å². The van der Waals surface area contributed by atoms with Gasteiger partial charge in [0.15, 0.2) is 0 Å². The van der Waals surface area contributed by atoms with E-state index in [2.05, 4.69) is 27.7 Å². The van der Waals surface area contributed by atoms with Gasteiger partial charge in [-0.1, -0.05) is 27.7 Å². The van der Waals surface area contributed by atoms with Crippen LogP contribution in [0.2, 0.25) is 0 Å². The van der Waals surface area contributed by atoms with Gasteiger partial charge in [0, 0.05) is 18.7 Å². The lowest BCUT2D eigenvalue weighted by atomic mass is 9.57. The second-order valence-corrected chi connectivity index (χ2v) is 10.2. The largest absolute Gasteiger partial charge is 0.374 e. The summed E-state index contributed by atoms with van der Waals surface area (Å²) >= 11 is 0. The minimum Gasteiger partial charge on any atom is -0.374 e. The number of ether oxygens (including phenoxy) is 1. The average molecular weight is 337 g/mol. The summed E-state index contributed by atoms with van der Waals surface area (Å²) in [7, 11) is 0. The normalized spacial score (nSPS) is 49.8. The minimum atomic E-state index is 0.0740. The van der Waals surface area contributed by atoms with Crippen molar-refractivity contribution in [3.8, 4) is 0 Å². The molecular formula is C21H40N2O. The third kappa shape index (κ3) is 3.54. The Hall–Kier alpha value is -0.120. The molecule has 24 heavy (non-hydrogen) atoms. The van der Waals surface area contributed by atoms with E-state index in [0.717, 1.165) is 6.61 Å². The Morgan fingerprint density at radius 3 is 1.75 bits per heavy atom. The second kappa shape index (κ2) is 6.89. The predicted molar refractivity (Wildman–Crippen MR) is 101 cm³/mol. The van der Waals surface area contributed by atoms with E-state index in [1.54, 1.807) is 0 Å². The fraction of sp³-hybridized carbons (Fsp3) is 1.00. The molecule has 0 aromatic carbocycles. The van der Waals surface area contributed by atoms with Gasteiger partial charge in [-0.05, 0) is 80.5 Å². The lowest BCUT2D eigenvalue weighted by Gasteiger charge is -2.56. The highest BCUT2D eigenvalue weighted by molar-refractivity contribution is 5.04. The Balaban J connectivity index is 1.87. The lowest BCUT2D eigenvalue weighted by molar-refractivity contribution is -0.199. The van der Waals surface area contributed by atoms with Crippen molar-refractivity contribution in [2.45, 2.75) is 96.7 Å². The van der Waals surface area contributed by atoms with Crippen molar-refractivity contribution in [3.05, 3.63) is 0 Å². The lowest BCUT2D eigenvalue weighted by Crippen LogP contribution is -2.57. The van der Waals surface area contributed by atoms with Crippen LogP contribution in [-0.2, 0) is 4.74 Å². The van der Waals surface area contributed by atoms with Gasteiger partial charge in [0.25, 0.3) is 0 Å². The van der Waals surface area contributed by atoms with E-state index >= 15 is 0 Å². The van der Waals surface area contributed by atoms with Gasteiger partial charge >= 0.3 is 0 Å². The Bertz CT molecular complexity index is 410. The van der Waals surface area contributed by atoms with Crippen LogP contribution in [0.15, 0.2) is 0 Å². The molecule has 1 heterocycles. The molecule has 6 unspecified atom stereocenters. The van der Waals surface area contributed by atoms with E-state index in [-0.39, 0.29) is 5.60 Å². The molecule has 2 saturated carbocycles. The van der Waals surface area contributed by atoms with Crippen molar-refractivity contribution in [2.24, 2.45) is 40.6 Å². The molecule has 4 N–H and O–H groups in total. The number of hydrogen-bond donors (Lipinski definition) is 2. The molecule has 3 rings (SSSR count). The summed E-state index contributed by atoms with van der Waals surface area (Å²) in [5.74, 6) is 2.60. The van der Waals surface area contributed by atoms with Crippen LogP contribution in [0.1, 0.15) is 79.1 Å². The Morgan fingerprint density at radius 2 is 1.33 bits per heavy atom. The van der Waals surface area contributed by atoms with Gasteiger partial charge in [0.05, 0.1) is 5.60 Å². The van der Waals surface area contributed by atoms with Crippen molar-refractivity contribution in [1.82, 2.24) is 0 Å². The zero-order chi connectivity index (χ0) is 17.5. The third-order valence-electron chi connectivity index (χ3n) is 7.76. The van der Waals surface area contributed by atoms with Gasteiger partial charge in [-0.15, -0.1) is 0 Å². The smallest absolute Gasteiger partial charge is 0.0743 e. The topological polar surface area (TPSA) is 61.3 Å². The molecule has 0 amide bonds. The van der Waals surface area contributed by atoms with Crippen LogP contribution < -0.4 is 11.5 Å². The van der Waals surface area contributed by atoms with Crippen LogP contribution in [0, 0.1) is 29.1 Å². The van der Waals surface area contributed by atoms with Gasteiger partial charge in [-0.3, -0.25) is 0 Å². The molecule has 0 aromatic rings. The summed E-state index contributed by atoms with van der Waals surface area (Å²) in [6, 6.07) is 0.766. The molecule has 140 valence electrons. The fourth-order valence-electron chi connectivity index (χ4n) is 5.99. The maximum absolute atomic E-state index is 6.77. The number of rotatable bonds is 2. The summed E-state index contributed by atoms with van der Waals surface area (Å²) in [5.41, 5.74) is 13.1. The Labute approximate surface area is 149 Å². The van der Waals surface area contributed by atoms with E-state index in [1.165, 1.54) is 51.4 Å². The monoisotopic (exact) mass is 336 g/mol. The first-order valence-electron chi connectivity index (χ1n) is 10.4. The summed E-state index contributed by atoms with van der Waals surface area (Å²) in [6.07, 6.45) is 9.73. The van der Waals surface area contributed by atoms with Crippen molar-refractivity contribution >= 4 is 0 Å². The maximum Gasteiger partial charge on any atom is 0.0743 e. The summed E-state index contributed by atoms with van der Waals surface area (Å²) < 4.78 is 6.77. The molecule has 6 atom stereocenters. The Morgan fingerprint density at radius 1 is 0.833 bits per heavy atom. The van der Waals surface area contributed by atoms with Crippen LogP contribution in [0.3, 0.4) is 0 Å². The molecule has 0 aromatic heterocycles. The SMILES string of the molecule is CC1CC(C2(C3CCC(N)C(C)C3)CC(C)(C)CCO2)CCC1N. The van der Waals surface area contributed by atoms with Crippen LogP contribution in [0.25, 0.3) is 0 Å². The molecule has 1 aliphatic heterocycles. The van der Waals surface area contributed by atoms with Gasteiger partial charge in [-0.2, -0.15) is 0 Å². The van der Waals surface area contributed by atoms with E-state index in [1.807, 2.05) is 0 Å². The third-order valence-corrected chi connectivity index (χ3v) is 7.76. The first-order valence-corrected chi connectivity index (χ1v) is 10.4. The summed E-state index contributed by atoms with van der Waals surface area (Å²) in [5, 5.41) is 0. The number of nitrogens with two attached hydrogens (primary N) is 2. The molecule has 3 nitrogen and oxygen atoms in total. The maximum atomic E-state index is 6.77. The van der Waals surface area contributed by atoms with Gasteiger partial charge in [0.2, 0.25) is 0 Å². The molecular weight excluding hydrogens is 296 g/mol. The molecule has 3 fully saturated rings. The fourth-order valence-corrected chi connectivity index (χ4v) is 5.99. The van der Waals surface area contributed by atoms with Crippen LogP contribution in [0.5, 0.6) is 0 Å². The highest BCUT2D eigenvalue weighted by Gasteiger charge is 2.53. The standard InChI is InChI=1S/C21H40N2O/c1-14-11-16(5-7-18(14)22)21(13-20(3,4)9-10-24-21)17-6-8-19(23)15(2)12-17/h14-19H,5-13,22-23H2,1-4H3. The molecule has 0 bridgehead atoms. The van der Waals surface area contributed by atoms with E-state index in [9.17, 15) is 0 Å². The molecule has 3 aliphatic rings. The van der Waals surface area contributed by atoms with Crippen molar-refractivity contribution in [3.63, 3.8) is 0 Å². The first-order chi connectivity index (χ1) is 11.2. The van der Waals surface area contributed by atoms with Crippen LogP contribution in [0.4, 0.5) is 0 Å². The van der Waals surface area contributed by atoms with Crippen molar-refractivity contribution < 1.29 is 4.74 Å². The quantitative estimate of drug-likeness (QED) is 0.798. The van der Waals surface area contributed by atoms with E-state index in [0.29, 0.717) is 41.2 Å². The second-order valence-electron chi connectivity index (χ2n) is 10.2. The van der Waals surface area contributed by atoms with Gasteiger partial charge in [0.1, 0.15) is 0 Å². The van der Waals surface area contributed by atoms with Crippen molar-refractivity contribution in [2.75, 3.05) is 6.61 Å². The summed E-state index contributed by atoms with van der Waals surface area (Å²) in [4.78, 5) is 0. The van der Waals surface area contributed by atoms with E-state index < -0.39 is 0 Å². The molecule has 0 spiro atoms. The highest BCUT2D eigenvalue weighted by atomic mass is 16.5. The zero-order valence-corrected chi connectivity index (χ0v) is 16.4. The Kier molecular flexibility index (Phi) is 5.36. The van der Waals surface area contributed by atoms with Crippen molar-refractivity contribution in [1.29, 1.82) is 0 Å². The molecule has 2 aliphatic carbocycles. The average Bonchev–Trinajstić information content (AvgIpc) is 2.51. The molecule has 3 heteroatoms. The molecule has 1 saturated heterocycles. The number of hydrogen-bond acceptors (Lipinski definition) is 3. The van der Waals surface area contributed by atoms with Gasteiger partial charge in [-0.25, -0.2) is 0 Å². The highest BCUT2D eigenvalue weighted by Crippen LogP contribution is 2.54. The van der Waals surface area contributed by atoms with Gasteiger partial charge < -0.3 is 16.2 Å². The zero-order valence-electron chi connectivity index (χ0n) is 16.4. The summed E-state index contributed by atoms with van der Waals surface area (Å²) in [6.45, 7) is 10.5. The minimum absolute atomic E-state index is 0.0740. The molecule has 0 radical (unpaired) electrons. The first kappa shape index (κ1) is 18.7. The van der Waals surface area contributed by atoms with Crippen LogP contribution >= 0.6 is 0 Å². The van der Waals surface area contributed by atoms with E-state index in [4.69, 9.17) is 16.2 Å². The predicted octanol–water partition coefficient (Wildman–Crippen LogP) is 4.09.